The van der Waals surface area contributed by atoms with Gasteiger partial charge >= 0.3 is 6.09 Å². The number of ether oxygens (including phenoxy) is 5. The fourth-order valence-corrected chi connectivity index (χ4v) is 7.38. The molecule has 7 heteroatoms. The van der Waals surface area contributed by atoms with Crippen LogP contribution < -0.4 is 14.2 Å². The van der Waals surface area contributed by atoms with Crippen molar-refractivity contribution in [2.24, 2.45) is 0 Å². The second kappa shape index (κ2) is 14.3. The van der Waals surface area contributed by atoms with Crippen LogP contribution >= 0.6 is 0 Å². The number of likely N-dealkylation sites (tertiary alicyclic amines) is 1. The summed E-state index contributed by atoms with van der Waals surface area (Å²) in [5.41, 5.74) is 4.92. The third kappa shape index (κ3) is 6.29. The molecule has 7 nitrogen and oxygen atoms in total. The summed E-state index contributed by atoms with van der Waals surface area (Å²) in [6, 6.07) is 32.4. The monoisotopic (exact) mass is 621 g/mol. The van der Waals surface area contributed by atoms with Crippen molar-refractivity contribution in [1.29, 1.82) is 0 Å². The summed E-state index contributed by atoms with van der Waals surface area (Å²) >= 11 is 0. The average molecular weight is 622 g/mol. The van der Waals surface area contributed by atoms with Crippen molar-refractivity contribution in [2.45, 2.75) is 62.8 Å². The molecule has 1 heterocycles. The second-order valence-corrected chi connectivity index (χ2v) is 12.1. The summed E-state index contributed by atoms with van der Waals surface area (Å²) in [6.07, 6.45) is 3.88. The number of carbonyl (C=O) groups is 1. The van der Waals surface area contributed by atoms with E-state index in [9.17, 15) is 4.79 Å². The Hall–Kier alpha value is -4.49. The Morgan fingerprint density at radius 2 is 1.43 bits per heavy atom. The number of methoxy groups -OCH3 is 3. The Morgan fingerprint density at radius 3 is 2.09 bits per heavy atom. The van der Waals surface area contributed by atoms with Crippen molar-refractivity contribution in [3.05, 3.63) is 125 Å². The van der Waals surface area contributed by atoms with Gasteiger partial charge in [0, 0.05) is 25.0 Å². The molecule has 46 heavy (non-hydrogen) atoms. The molecule has 1 aliphatic heterocycles. The lowest BCUT2D eigenvalue weighted by molar-refractivity contribution is 0.0427. The van der Waals surface area contributed by atoms with Gasteiger partial charge in [0.1, 0.15) is 12.4 Å². The number of rotatable bonds is 13. The van der Waals surface area contributed by atoms with Crippen LogP contribution in [0.5, 0.6) is 17.2 Å². The Bertz CT molecular complexity index is 1590. The molecular weight excluding hydrogens is 578 g/mol. The van der Waals surface area contributed by atoms with E-state index < -0.39 is 5.54 Å². The minimum Gasteiger partial charge on any atom is -0.497 e. The van der Waals surface area contributed by atoms with E-state index in [0.717, 1.165) is 48.1 Å². The van der Waals surface area contributed by atoms with Gasteiger partial charge in [0.15, 0.2) is 11.5 Å². The number of benzene rings is 4. The van der Waals surface area contributed by atoms with Crippen molar-refractivity contribution >= 4 is 6.09 Å². The van der Waals surface area contributed by atoms with E-state index in [2.05, 4.69) is 41.3 Å². The maximum Gasteiger partial charge on any atom is 0.411 e. The highest BCUT2D eigenvalue weighted by Gasteiger charge is 2.60. The zero-order valence-corrected chi connectivity index (χ0v) is 26.9. The predicted octanol–water partition coefficient (Wildman–Crippen LogP) is 8.05. The molecule has 3 atom stereocenters. The molecule has 0 N–H and O–H groups in total. The Morgan fingerprint density at radius 1 is 0.783 bits per heavy atom. The molecule has 240 valence electrons. The van der Waals surface area contributed by atoms with Crippen molar-refractivity contribution < 1.29 is 28.5 Å². The van der Waals surface area contributed by atoms with Crippen LogP contribution in [-0.4, -0.2) is 45.0 Å². The van der Waals surface area contributed by atoms with E-state index in [0.29, 0.717) is 31.1 Å². The number of carbonyl (C=O) groups excluding carboxylic acids is 1. The van der Waals surface area contributed by atoms with E-state index in [1.807, 2.05) is 60.7 Å². The number of unbranched alkanes of at least 4 members (excludes halogenated alkanes) is 1. The van der Waals surface area contributed by atoms with Crippen LogP contribution in [0, 0.1) is 0 Å². The first-order chi connectivity index (χ1) is 22.6. The summed E-state index contributed by atoms with van der Waals surface area (Å²) < 4.78 is 29.0. The summed E-state index contributed by atoms with van der Waals surface area (Å²) in [5, 5.41) is 0. The molecule has 6 rings (SSSR count). The van der Waals surface area contributed by atoms with Crippen molar-refractivity contribution in [3.8, 4) is 17.2 Å². The number of fused-ring (bicyclic) bond motifs is 3. The Balaban J connectivity index is 1.30. The zero-order chi connectivity index (χ0) is 31.9. The predicted molar refractivity (Wildman–Crippen MR) is 177 cm³/mol. The van der Waals surface area contributed by atoms with Crippen molar-refractivity contribution in [3.63, 3.8) is 0 Å². The van der Waals surface area contributed by atoms with Gasteiger partial charge in [-0.1, -0.05) is 72.8 Å². The zero-order valence-electron chi connectivity index (χ0n) is 26.9. The standard InChI is InChI=1S/C39H43NO6/c1-42-33-19-17-31(18-20-33)39-25-30-22-36(43-2)37(44-3)24-34(30)35(39)23-32(16-10-11-21-45-26-28-12-6-4-7-13-28)40(39)38(41)46-27-29-14-8-5-9-15-29/h4-9,12-15,17-20,22,24,32,35H,10-11,16,21,23,25-27H2,1-3H3/t32-,35-,39+/m0/s1. The molecule has 0 saturated carbocycles. The lowest BCUT2D eigenvalue weighted by atomic mass is 9.79. The molecule has 0 radical (unpaired) electrons. The molecule has 1 aliphatic carbocycles. The average Bonchev–Trinajstić information content (AvgIpc) is 3.59. The summed E-state index contributed by atoms with van der Waals surface area (Å²) in [6.45, 7) is 1.49. The van der Waals surface area contributed by atoms with Gasteiger partial charge in [0.05, 0.1) is 33.5 Å². The number of hydrogen-bond acceptors (Lipinski definition) is 6. The molecule has 2 aliphatic rings. The lowest BCUT2D eigenvalue weighted by Gasteiger charge is -2.41. The van der Waals surface area contributed by atoms with Gasteiger partial charge in [-0.15, -0.1) is 0 Å². The van der Waals surface area contributed by atoms with E-state index in [1.165, 1.54) is 11.1 Å². The van der Waals surface area contributed by atoms with Gasteiger partial charge in [-0.3, -0.25) is 4.90 Å². The van der Waals surface area contributed by atoms with E-state index >= 15 is 0 Å². The molecule has 1 saturated heterocycles. The third-order valence-electron chi connectivity index (χ3n) is 9.54. The van der Waals surface area contributed by atoms with E-state index in [1.54, 1.807) is 21.3 Å². The Kier molecular flexibility index (Phi) is 9.79. The van der Waals surface area contributed by atoms with Crippen LogP contribution in [0.2, 0.25) is 0 Å². The molecule has 0 unspecified atom stereocenters. The number of hydrogen-bond donors (Lipinski definition) is 0. The van der Waals surface area contributed by atoms with Crippen LogP contribution in [0.25, 0.3) is 0 Å². The fourth-order valence-electron chi connectivity index (χ4n) is 7.38. The van der Waals surface area contributed by atoms with Crippen molar-refractivity contribution in [1.82, 2.24) is 4.90 Å². The van der Waals surface area contributed by atoms with Gasteiger partial charge in [-0.2, -0.15) is 0 Å². The normalized spacial score (nSPS) is 19.8. The molecule has 0 aromatic heterocycles. The largest absolute Gasteiger partial charge is 0.497 e. The highest BCUT2D eigenvalue weighted by Crippen LogP contribution is 2.61. The summed E-state index contributed by atoms with van der Waals surface area (Å²) in [5.74, 6) is 2.22. The van der Waals surface area contributed by atoms with Gasteiger partial charge in [-0.25, -0.2) is 4.79 Å². The first kappa shape index (κ1) is 31.5. The molecule has 0 spiro atoms. The first-order valence-electron chi connectivity index (χ1n) is 16.1. The smallest absolute Gasteiger partial charge is 0.411 e. The maximum atomic E-state index is 14.4. The second-order valence-electron chi connectivity index (χ2n) is 12.1. The minimum atomic E-state index is -0.631. The Labute approximate surface area is 272 Å². The van der Waals surface area contributed by atoms with Gasteiger partial charge < -0.3 is 23.7 Å². The lowest BCUT2D eigenvalue weighted by Crippen LogP contribution is -2.50. The maximum absolute atomic E-state index is 14.4. The SMILES string of the molecule is COc1ccc([C@]23Cc4cc(OC)c(OC)cc4[C@@H]2C[C@H](CCCCOCc2ccccc2)N3C(=O)OCc2ccccc2)cc1. The number of amides is 1. The van der Waals surface area contributed by atoms with Crippen LogP contribution in [0.15, 0.2) is 97.1 Å². The molecule has 1 fully saturated rings. The highest BCUT2D eigenvalue weighted by atomic mass is 16.6. The van der Waals surface area contributed by atoms with E-state index in [4.69, 9.17) is 23.7 Å². The van der Waals surface area contributed by atoms with Crippen LogP contribution in [0.4, 0.5) is 4.79 Å². The van der Waals surface area contributed by atoms with Gasteiger partial charge in [-0.05, 0) is 77.8 Å². The molecule has 4 aromatic rings. The third-order valence-corrected chi connectivity index (χ3v) is 9.54. The fraction of sp³-hybridized carbons (Fsp3) is 0.359. The molecule has 0 bridgehead atoms. The van der Waals surface area contributed by atoms with Crippen LogP contribution in [0.1, 0.15) is 59.4 Å². The topological polar surface area (TPSA) is 66.5 Å². The van der Waals surface area contributed by atoms with Crippen LogP contribution in [0.3, 0.4) is 0 Å². The van der Waals surface area contributed by atoms with Gasteiger partial charge in [0.25, 0.3) is 0 Å². The summed E-state index contributed by atoms with van der Waals surface area (Å²) in [7, 11) is 5.00. The molecular formula is C39H43NO6. The van der Waals surface area contributed by atoms with E-state index in [-0.39, 0.29) is 24.7 Å². The molecule has 1 amide bonds. The van der Waals surface area contributed by atoms with Gasteiger partial charge in [0.2, 0.25) is 0 Å². The highest BCUT2D eigenvalue weighted by molar-refractivity contribution is 5.72. The minimum absolute atomic E-state index is 0.00857. The van der Waals surface area contributed by atoms with Crippen molar-refractivity contribution in [2.75, 3.05) is 27.9 Å². The summed E-state index contributed by atoms with van der Waals surface area (Å²) in [4.78, 5) is 16.4. The van der Waals surface area contributed by atoms with Crippen LogP contribution in [-0.2, 0) is 34.6 Å². The molecule has 4 aromatic carbocycles. The number of nitrogens with zero attached hydrogens (tertiary/aromatic N) is 1. The first-order valence-corrected chi connectivity index (χ1v) is 16.1. The quantitative estimate of drug-likeness (QED) is 0.141.